The quantitative estimate of drug-likeness (QED) is 0.130. The highest BCUT2D eigenvalue weighted by atomic mass is 35.5. The fraction of sp³-hybridized carbons (Fsp3) is 0.905. The van der Waals surface area contributed by atoms with Crippen LogP contribution in [0.4, 0.5) is 0 Å². The van der Waals surface area contributed by atoms with E-state index < -0.39 is 0 Å². The number of hydrogen-bond donors (Lipinski definition) is 4. The number of hydrogen-bond acceptors (Lipinski definition) is 3. The molecule has 2 aliphatic carbocycles. The number of thioether (sulfide) groups is 2. The van der Waals surface area contributed by atoms with Gasteiger partial charge in [0.1, 0.15) is 0 Å². The molecule has 6 N–H and O–H groups in total. The molecule has 0 amide bonds. The minimum Gasteiger partial charge on any atom is -1.00 e. The molecule has 2 saturated carbocycles. The Hall–Kier alpha value is 0.0900. The maximum absolute atomic E-state index is 6.14. The van der Waals surface area contributed by atoms with Crippen molar-refractivity contribution in [3.63, 3.8) is 0 Å². The molecule has 4 nitrogen and oxygen atoms in total. The van der Waals surface area contributed by atoms with Crippen LogP contribution >= 0.6 is 23.5 Å². The lowest BCUT2D eigenvalue weighted by atomic mass is 9.87. The van der Waals surface area contributed by atoms with E-state index in [1.807, 2.05) is 0 Å². The average Bonchev–Trinajstić information content (AvgIpc) is 2.65. The Balaban J connectivity index is 0.00000392. The highest BCUT2D eigenvalue weighted by molar-refractivity contribution is 8.00. The summed E-state index contributed by atoms with van der Waals surface area (Å²) in [6, 6.07) is 0. The van der Waals surface area contributed by atoms with Crippen molar-refractivity contribution in [2.75, 3.05) is 31.1 Å². The predicted octanol–water partition coefficient (Wildman–Crippen LogP) is -2.16. The lowest BCUT2D eigenvalue weighted by molar-refractivity contribution is -0.453. The largest absolute Gasteiger partial charge is 1.00 e. The van der Waals surface area contributed by atoms with Crippen molar-refractivity contribution in [1.29, 1.82) is 0 Å². The van der Waals surface area contributed by atoms with Crippen molar-refractivity contribution in [3.05, 3.63) is 0 Å². The van der Waals surface area contributed by atoms with Crippen LogP contribution in [0.15, 0.2) is 0 Å². The molecule has 4 atom stereocenters. The van der Waals surface area contributed by atoms with Crippen LogP contribution in [0.2, 0.25) is 0 Å². The molecule has 0 saturated heterocycles. The smallest absolute Gasteiger partial charge is 0.240 e. The second-order valence-electron chi connectivity index (χ2n) is 8.42. The fourth-order valence-corrected chi connectivity index (χ4v) is 6.19. The SMILES string of the molecule is CC1CCC1SCCNCC(=[NH2+])CCCCC(N)=[NH+]CCSC1CCC1C.[Cl-]. The van der Waals surface area contributed by atoms with Crippen molar-refractivity contribution in [1.82, 2.24) is 5.32 Å². The van der Waals surface area contributed by atoms with Crippen molar-refractivity contribution in [3.8, 4) is 0 Å². The van der Waals surface area contributed by atoms with Gasteiger partial charge in [0.25, 0.3) is 0 Å². The lowest BCUT2D eigenvalue weighted by Gasteiger charge is -2.33. The molecule has 0 bridgehead atoms. The third kappa shape index (κ3) is 10.2. The summed E-state index contributed by atoms with van der Waals surface area (Å²) >= 11 is 4.23. The minimum absolute atomic E-state index is 0. The Morgan fingerprint density at radius 3 is 2.18 bits per heavy atom. The standard InChI is InChI=1S/C21H40N4S2.ClH/c1-16-7-9-19(16)26-13-11-24-15-18(22)5-3-4-6-21(23)25-12-14-27-20-10-8-17(20)2;/h16-17,19-20,22,24H,3-15H2,1-2H3,(H2,23,25);1H/p+1. The molecule has 0 heterocycles. The van der Waals surface area contributed by atoms with Crippen LogP contribution in [0.5, 0.6) is 0 Å². The van der Waals surface area contributed by atoms with E-state index in [4.69, 9.17) is 11.1 Å². The van der Waals surface area contributed by atoms with Crippen LogP contribution in [0, 0.1) is 11.8 Å². The topological polar surface area (TPSA) is 77.6 Å². The molecule has 4 unspecified atom stereocenters. The monoisotopic (exact) mass is 449 g/mol. The number of halogens is 1. The number of nitrogens with one attached hydrogen (secondary N) is 2. The maximum atomic E-state index is 6.14. The highest BCUT2D eigenvalue weighted by Gasteiger charge is 2.27. The second kappa shape index (κ2) is 15.0. The summed E-state index contributed by atoms with van der Waals surface area (Å²) in [7, 11) is 0. The Bertz CT molecular complexity index is 475. The second-order valence-corrected chi connectivity index (χ2v) is 11.1. The summed E-state index contributed by atoms with van der Waals surface area (Å²) in [6.07, 6.45) is 9.84. The number of amidine groups is 1. The normalized spacial score (nSPS) is 26.9. The van der Waals surface area contributed by atoms with E-state index in [9.17, 15) is 0 Å². The zero-order valence-corrected chi connectivity index (χ0v) is 20.2. The summed E-state index contributed by atoms with van der Waals surface area (Å²) in [4.78, 5) is 3.38. The summed E-state index contributed by atoms with van der Waals surface area (Å²) in [5.74, 6) is 5.15. The molecule has 28 heavy (non-hydrogen) atoms. The zero-order valence-electron chi connectivity index (χ0n) is 17.9. The first-order valence-corrected chi connectivity index (χ1v) is 13.0. The van der Waals surface area contributed by atoms with Gasteiger partial charge in [0, 0.05) is 41.4 Å². The highest BCUT2D eigenvalue weighted by Crippen LogP contribution is 2.37. The molecule has 0 aliphatic heterocycles. The minimum atomic E-state index is 0. The van der Waals surface area contributed by atoms with Gasteiger partial charge in [-0.15, -0.1) is 0 Å². The molecule has 2 aliphatic rings. The van der Waals surface area contributed by atoms with Gasteiger partial charge in [0.15, 0.2) is 5.71 Å². The first-order chi connectivity index (χ1) is 13.1. The van der Waals surface area contributed by atoms with Gasteiger partial charge in [-0.25, -0.2) is 0 Å². The maximum Gasteiger partial charge on any atom is 0.240 e. The third-order valence-corrected chi connectivity index (χ3v) is 9.16. The van der Waals surface area contributed by atoms with E-state index in [0.717, 1.165) is 79.2 Å². The molecule has 7 heteroatoms. The van der Waals surface area contributed by atoms with Crippen LogP contribution in [0.25, 0.3) is 0 Å². The van der Waals surface area contributed by atoms with Gasteiger partial charge in [0.05, 0.1) is 13.1 Å². The van der Waals surface area contributed by atoms with Crippen LogP contribution in [0.3, 0.4) is 0 Å². The van der Waals surface area contributed by atoms with Crippen LogP contribution < -0.4 is 33.9 Å². The predicted molar refractivity (Wildman–Crippen MR) is 123 cm³/mol. The first-order valence-electron chi connectivity index (χ1n) is 11.0. The van der Waals surface area contributed by atoms with E-state index >= 15 is 0 Å². The van der Waals surface area contributed by atoms with Gasteiger partial charge < -0.3 is 17.7 Å². The molecule has 2 fully saturated rings. The van der Waals surface area contributed by atoms with Crippen LogP contribution in [-0.2, 0) is 0 Å². The van der Waals surface area contributed by atoms with E-state index in [1.165, 1.54) is 37.2 Å². The van der Waals surface area contributed by atoms with Gasteiger partial charge in [-0.05, 0) is 50.4 Å². The molecular formula is C21H42ClN4S2+. The Morgan fingerprint density at radius 2 is 1.61 bits per heavy atom. The van der Waals surface area contributed by atoms with Crippen LogP contribution in [0.1, 0.15) is 65.2 Å². The summed E-state index contributed by atoms with van der Waals surface area (Å²) < 4.78 is 0. The molecule has 0 aromatic carbocycles. The van der Waals surface area contributed by atoms with Gasteiger partial charge in [-0.2, -0.15) is 23.5 Å². The fourth-order valence-electron chi connectivity index (χ4n) is 3.56. The van der Waals surface area contributed by atoms with Crippen molar-refractivity contribution in [2.45, 2.75) is 75.7 Å². The molecular weight excluding hydrogens is 408 g/mol. The van der Waals surface area contributed by atoms with Crippen molar-refractivity contribution in [2.24, 2.45) is 17.6 Å². The molecule has 0 aromatic heterocycles. The molecule has 0 aromatic rings. The van der Waals surface area contributed by atoms with E-state index in [2.05, 4.69) is 47.7 Å². The Labute approximate surface area is 187 Å². The van der Waals surface area contributed by atoms with Crippen molar-refractivity contribution < 1.29 is 22.8 Å². The summed E-state index contributed by atoms with van der Waals surface area (Å²) in [6.45, 7) is 7.65. The van der Waals surface area contributed by atoms with Crippen LogP contribution in [-0.4, -0.2) is 53.2 Å². The Kier molecular flexibility index (Phi) is 14.0. The number of rotatable bonds is 15. The van der Waals surface area contributed by atoms with Gasteiger partial charge in [-0.1, -0.05) is 13.8 Å². The third-order valence-electron chi connectivity index (χ3n) is 6.03. The van der Waals surface area contributed by atoms with E-state index in [0.29, 0.717) is 0 Å². The zero-order chi connectivity index (χ0) is 19.5. The van der Waals surface area contributed by atoms with Gasteiger partial charge in [-0.3, -0.25) is 16.1 Å². The molecule has 2 rings (SSSR count). The van der Waals surface area contributed by atoms with Crippen molar-refractivity contribution >= 4 is 35.1 Å². The lowest BCUT2D eigenvalue weighted by Crippen LogP contribution is -3.00. The summed E-state index contributed by atoms with van der Waals surface area (Å²) in [5, 5.41) is 11.4. The number of unbranched alkanes of at least 4 members (excludes halogenated alkanes) is 1. The molecule has 164 valence electrons. The Morgan fingerprint density at radius 1 is 1.00 bits per heavy atom. The van der Waals surface area contributed by atoms with Gasteiger partial charge >= 0.3 is 0 Å². The van der Waals surface area contributed by atoms with Gasteiger partial charge in [0.2, 0.25) is 5.84 Å². The first kappa shape index (κ1) is 26.1. The number of nitrogens with two attached hydrogens (primary N) is 2. The van der Waals surface area contributed by atoms with E-state index in [1.54, 1.807) is 0 Å². The molecule has 0 spiro atoms. The molecule has 0 radical (unpaired) electrons. The van der Waals surface area contributed by atoms with E-state index in [-0.39, 0.29) is 12.4 Å². The summed E-state index contributed by atoms with van der Waals surface area (Å²) in [5.41, 5.74) is 7.17. The average molecular weight is 450 g/mol.